The number of halogens is 1. The van der Waals surface area contributed by atoms with E-state index in [1.807, 2.05) is 0 Å². The molecule has 1 N–H and O–H groups in total. The lowest BCUT2D eigenvalue weighted by Gasteiger charge is -2.03. The fourth-order valence-electron chi connectivity index (χ4n) is 1.30. The van der Waals surface area contributed by atoms with Crippen LogP contribution >= 0.6 is 11.8 Å². The zero-order valence-corrected chi connectivity index (χ0v) is 10.0. The number of carboxylic acids is 1. The maximum absolute atomic E-state index is 13.6. The summed E-state index contributed by atoms with van der Waals surface area (Å²) in [5.74, 6) is -1.31. The summed E-state index contributed by atoms with van der Waals surface area (Å²) >= 11 is 1.29. The van der Waals surface area contributed by atoms with Gasteiger partial charge >= 0.3 is 5.97 Å². The third kappa shape index (κ3) is 3.04. The van der Waals surface area contributed by atoms with Crippen molar-refractivity contribution >= 4 is 17.7 Å². The van der Waals surface area contributed by atoms with Gasteiger partial charge in [0.15, 0.2) is 5.16 Å². The van der Waals surface area contributed by atoms with E-state index in [0.29, 0.717) is 16.5 Å². The minimum absolute atomic E-state index is 0.0581. The number of rotatable bonds is 4. The first-order chi connectivity index (χ1) is 8.66. The van der Waals surface area contributed by atoms with Gasteiger partial charge in [-0.15, -0.1) is 0 Å². The molecular weight excluding hydrogens is 255 g/mol. The number of hydrogen-bond acceptors (Lipinski definition) is 4. The van der Waals surface area contributed by atoms with Gasteiger partial charge in [-0.05, 0) is 23.8 Å². The molecule has 0 aliphatic heterocycles. The Bertz CT molecular complexity index is 563. The van der Waals surface area contributed by atoms with Crippen LogP contribution in [-0.4, -0.2) is 21.0 Å². The molecule has 0 atom stereocenters. The number of carbonyl (C=O) groups is 1. The number of thioether (sulfide) groups is 1. The molecule has 0 aliphatic rings. The first-order valence-corrected chi connectivity index (χ1v) is 6.07. The predicted molar refractivity (Wildman–Crippen MR) is 65.0 cm³/mol. The van der Waals surface area contributed by atoms with Crippen LogP contribution in [0.1, 0.15) is 15.9 Å². The molecule has 0 amide bonds. The van der Waals surface area contributed by atoms with Gasteiger partial charge in [0.25, 0.3) is 0 Å². The van der Waals surface area contributed by atoms with Crippen LogP contribution in [-0.2, 0) is 5.75 Å². The monoisotopic (exact) mass is 264 g/mol. The Morgan fingerprint density at radius 1 is 1.33 bits per heavy atom. The molecule has 0 aliphatic carbocycles. The van der Waals surface area contributed by atoms with Gasteiger partial charge < -0.3 is 5.11 Å². The zero-order valence-electron chi connectivity index (χ0n) is 9.21. The third-order valence-electron chi connectivity index (χ3n) is 2.20. The van der Waals surface area contributed by atoms with E-state index in [4.69, 9.17) is 5.11 Å². The van der Waals surface area contributed by atoms with Crippen LogP contribution in [0.5, 0.6) is 0 Å². The van der Waals surface area contributed by atoms with Gasteiger partial charge in [0, 0.05) is 18.1 Å². The number of aromatic carboxylic acids is 1. The molecule has 2 aromatic rings. The van der Waals surface area contributed by atoms with E-state index >= 15 is 0 Å². The van der Waals surface area contributed by atoms with Crippen LogP contribution < -0.4 is 0 Å². The minimum atomic E-state index is -1.14. The molecule has 0 radical (unpaired) electrons. The van der Waals surface area contributed by atoms with Crippen molar-refractivity contribution in [3.8, 4) is 0 Å². The van der Waals surface area contributed by atoms with Gasteiger partial charge in [-0.1, -0.05) is 17.8 Å². The quantitative estimate of drug-likeness (QED) is 0.679. The van der Waals surface area contributed by atoms with Crippen LogP contribution in [0.4, 0.5) is 4.39 Å². The Morgan fingerprint density at radius 2 is 2.06 bits per heavy atom. The average Bonchev–Trinajstić information content (AvgIpc) is 2.38. The number of benzene rings is 1. The lowest BCUT2D eigenvalue weighted by atomic mass is 10.1. The highest BCUT2D eigenvalue weighted by Crippen LogP contribution is 2.21. The van der Waals surface area contributed by atoms with Crippen molar-refractivity contribution in [2.24, 2.45) is 0 Å². The molecule has 4 nitrogen and oxygen atoms in total. The second kappa shape index (κ2) is 5.59. The maximum Gasteiger partial charge on any atom is 0.335 e. The van der Waals surface area contributed by atoms with Crippen molar-refractivity contribution < 1.29 is 14.3 Å². The molecule has 1 heterocycles. The molecule has 6 heteroatoms. The summed E-state index contributed by atoms with van der Waals surface area (Å²) in [6.07, 6.45) is 3.22. The van der Waals surface area contributed by atoms with E-state index < -0.39 is 11.8 Å². The number of aromatic nitrogens is 2. The molecule has 2 rings (SSSR count). The fraction of sp³-hybridized carbons (Fsp3) is 0.0833. The Balaban J connectivity index is 2.08. The van der Waals surface area contributed by atoms with Gasteiger partial charge in [0.1, 0.15) is 5.82 Å². The predicted octanol–water partition coefficient (Wildman–Crippen LogP) is 2.61. The van der Waals surface area contributed by atoms with Gasteiger partial charge in [-0.2, -0.15) is 0 Å². The molecule has 0 spiro atoms. The molecule has 92 valence electrons. The third-order valence-corrected chi connectivity index (χ3v) is 3.12. The largest absolute Gasteiger partial charge is 0.478 e. The highest BCUT2D eigenvalue weighted by Gasteiger charge is 2.09. The Labute approximate surface area is 107 Å². The lowest BCUT2D eigenvalue weighted by Crippen LogP contribution is -1.99. The van der Waals surface area contributed by atoms with Crippen molar-refractivity contribution in [3.05, 3.63) is 53.6 Å². The van der Waals surface area contributed by atoms with Crippen LogP contribution in [0, 0.1) is 5.82 Å². The molecule has 0 saturated heterocycles. The zero-order chi connectivity index (χ0) is 13.0. The maximum atomic E-state index is 13.6. The Hall–Kier alpha value is -1.95. The van der Waals surface area contributed by atoms with Crippen molar-refractivity contribution in [3.63, 3.8) is 0 Å². The molecule has 1 aromatic heterocycles. The summed E-state index contributed by atoms with van der Waals surface area (Å²) < 4.78 is 13.6. The van der Waals surface area contributed by atoms with E-state index in [2.05, 4.69) is 9.97 Å². The molecule has 1 aromatic carbocycles. The standard InChI is InChI=1S/C12H9FN2O2S/c13-10-6-8(11(16)17)2-3-9(10)7-18-12-14-4-1-5-15-12/h1-6H,7H2,(H,16,17). The lowest BCUT2D eigenvalue weighted by molar-refractivity contribution is 0.0696. The number of carboxylic acid groups (broad SMARTS) is 1. The van der Waals surface area contributed by atoms with Crippen LogP contribution in [0.2, 0.25) is 0 Å². The summed E-state index contributed by atoms with van der Waals surface area (Å²) in [6, 6.07) is 5.57. The molecule has 0 fully saturated rings. The molecule has 0 saturated carbocycles. The number of nitrogens with zero attached hydrogens (tertiary/aromatic N) is 2. The van der Waals surface area contributed by atoms with E-state index in [1.165, 1.54) is 23.9 Å². The van der Waals surface area contributed by atoms with E-state index in [-0.39, 0.29) is 5.56 Å². The van der Waals surface area contributed by atoms with Crippen molar-refractivity contribution in [2.45, 2.75) is 10.9 Å². The summed E-state index contributed by atoms with van der Waals surface area (Å²) in [5, 5.41) is 9.27. The second-order valence-corrected chi connectivity index (χ2v) is 4.37. The highest BCUT2D eigenvalue weighted by molar-refractivity contribution is 7.98. The first-order valence-electron chi connectivity index (χ1n) is 5.08. The van der Waals surface area contributed by atoms with Crippen molar-refractivity contribution in [1.29, 1.82) is 0 Å². The average molecular weight is 264 g/mol. The van der Waals surface area contributed by atoms with E-state index in [9.17, 15) is 9.18 Å². The van der Waals surface area contributed by atoms with Crippen molar-refractivity contribution in [1.82, 2.24) is 9.97 Å². The Morgan fingerprint density at radius 3 is 2.67 bits per heavy atom. The van der Waals surface area contributed by atoms with Crippen molar-refractivity contribution in [2.75, 3.05) is 0 Å². The Kier molecular flexibility index (Phi) is 3.88. The second-order valence-electron chi connectivity index (χ2n) is 3.43. The summed E-state index contributed by atoms with van der Waals surface area (Å²) in [5.41, 5.74) is 0.370. The molecule has 18 heavy (non-hydrogen) atoms. The van der Waals surface area contributed by atoms with Gasteiger partial charge in [-0.3, -0.25) is 0 Å². The molecule has 0 bridgehead atoms. The van der Waals surface area contributed by atoms with Gasteiger partial charge in [0.05, 0.1) is 5.56 Å². The highest BCUT2D eigenvalue weighted by atomic mass is 32.2. The smallest absolute Gasteiger partial charge is 0.335 e. The normalized spacial score (nSPS) is 10.3. The summed E-state index contributed by atoms with van der Waals surface area (Å²) in [4.78, 5) is 18.7. The molecular formula is C12H9FN2O2S. The van der Waals surface area contributed by atoms with Gasteiger partial charge in [-0.25, -0.2) is 19.2 Å². The van der Waals surface area contributed by atoms with Crippen LogP contribution in [0.3, 0.4) is 0 Å². The SMILES string of the molecule is O=C(O)c1ccc(CSc2ncccn2)c(F)c1. The van der Waals surface area contributed by atoms with Gasteiger partial charge in [0.2, 0.25) is 0 Å². The summed E-state index contributed by atoms with van der Waals surface area (Å²) in [6.45, 7) is 0. The van der Waals surface area contributed by atoms with Crippen LogP contribution in [0.25, 0.3) is 0 Å². The number of hydrogen-bond donors (Lipinski definition) is 1. The van der Waals surface area contributed by atoms with E-state index in [0.717, 1.165) is 6.07 Å². The minimum Gasteiger partial charge on any atom is -0.478 e. The summed E-state index contributed by atoms with van der Waals surface area (Å²) in [7, 11) is 0. The first kappa shape index (κ1) is 12.5. The van der Waals surface area contributed by atoms with E-state index in [1.54, 1.807) is 18.5 Å². The topological polar surface area (TPSA) is 63.1 Å². The fourth-order valence-corrected chi connectivity index (χ4v) is 2.09. The van der Waals surface area contributed by atoms with Crippen LogP contribution in [0.15, 0.2) is 41.8 Å². The molecule has 0 unspecified atom stereocenters.